The van der Waals surface area contributed by atoms with Crippen molar-refractivity contribution < 1.29 is 9.18 Å². The van der Waals surface area contributed by atoms with Crippen LogP contribution in [0.15, 0.2) is 24.3 Å². The van der Waals surface area contributed by atoms with Gasteiger partial charge in [0.15, 0.2) is 0 Å². The zero-order valence-corrected chi connectivity index (χ0v) is 11.1. The first kappa shape index (κ1) is 13.6. The summed E-state index contributed by atoms with van der Waals surface area (Å²) in [5.74, 6) is -0.444. The lowest BCUT2D eigenvalue weighted by Crippen LogP contribution is -2.24. The van der Waals surface area contributed by atoms with E-state index in [0.717, 1.165) is 10.6 Å². The number of anilines is 1. The number of aromatic nitrogens is 2. The van der Waals surface area contributed by atoms with E-state index < -0.39 is 0 Å². The van der Waals surface area contributed by atoms with Crippen LogP contribution in [0.4, 0.5) is 9.52 Å². The number of benzene rings is 1. The maximum atomic E-state index is 13.0. The Labute approximate surface area is 113 Å². The number of rotatable bonds is 5. The lowest BCUT2D eigenvalue weighted by Gasteiger charge is -1.98. The van der Waals surface area contributed by atoms with Crippen molar-refractivity contribution in [3.8, 4) is 0 Å². The highest BCUT2D eigenvalue weighted by Crippen LogP contribution is 2.18. The number of halogens is 1. The van der Waals surface area contributed by atoms with Crippen molar-refractivity contribution in [1.82, 2.24) is 15.5 Å². The average molecular weight is 280 g/mol. The maximum absolute atomic E-state index is 13.0. The molecule has 0 saturated heterocycles. The van der Waals surface area contributed by atoms with Gasteiger partial charge in [-0.1, -0.05) is 23.5 Å². The van der Waals surface area contributed by atoms with Gasteiger partial charge in [0.05, 0.1) is 6.54 Å². The molecule has 0 radical (unpaired) electrons. The number of nitrogens with zero attached hydrogens (tertiary/aromatic N) is 2. The van der Waals surface area contributed by atoms with E-state index in [1.807, 2.05) is 6.07 Å². The van der Waals surface area contributed by atoms with Crippen molar-refractivity contribution in [2.45, 2.75) is 6.42 Å². The van der Waals surface area contributed by atoms with E-state index >= 15 is 0 Å². The molecule has 0 unspecified atom stereocenters. The molecule has 1 aromatic carbocycles. The first-order valence-electron chi connectivity index (χ1n) is 5.68. The predicted molar refractivity (Wildman–Crippen MR) is 71.7 cm³/mol. The summed E-state index contributed by atoms with van der Waals surface area (Å²) >= 11 is 1.28. The van der Waals surface area contributed by atoms with E-state index in [1.165, 1.54) is 23.5 Å². The molecule has 1 aromatic heterocycles. The van der Waals surface area contributed by atoms with E-state index in [-0.39, 0.29) is 18.3 Å². The summed E-state index contributed by atoms with van der Waals surface area (Å²) in [5.41, 5.74) is 0.823. The van der Waals surface area contributed by atoms with Crippen LogP contribution in [0.3, 0.4) is 0 Å². The van der Waals surface area contributed by atoms with Crippen LogP contribution in [0.25, 0.3) is 0 Å². The Morgan fingerprint density at radius 2 is 2.26 bits per heavy atom. The molecule has 0 atom stereocenters. The molecule has 7 heteroatoms. The van der Waals surface area contributed by atoms with Crippen LogP contribution in [0.2, 0.25) is 0 Å². The Hall–Kier alpha value is -1.86. The van der Waals surface area contributed by atoms with E-state index in [2.05, 4.69) is 20.8 Å². The average Bonchev–Trinajstić information content (AvgIpc) is 2.76. The fraction of sp³-hybridized carbons (Fsp3) is 0.250. The lowest BCUT2D eigenvalue weighted by molar-refractivity contribution is -0.115. The third kappa shape index (κ3) is 4.08. The highest BCUT2D eigenvalue weighted by molar-refractivity contribution is 7.15. The number of amides is 1. The third-order valence-corrected chi connectivity index (χ3v) is 3.13. The molecule has 0 bridgehead atoms. The minimum absolute atomic E-state index is 0.170. The van der Waals surface area contributed by atoms with E-state index in [0.29, 0.717) is 11.6 Å². The van der Waals surface area contributed by atoms with Gasteiger partial charge >= 0.3 is 0 Å². The topological polar surface area (TPSA) is 66.9 Å². The van der Waals surface area contributed by atoms with E-state index in [4.69, 9.17) is 0 Å². The van der Waals surface area contributed by atoms with Crippen molar-refractivity contribution in [2.75, 3.05) is 18.9 Å². The predicted octanol–water partition coefficient (Wildman–Crippen LogP) is 1.43. The van der Waals surface area contributed by atoms with Crippen LogP contribution < -0.4 is 10.6 Å². The number of hydrogen-bond donors (Lipinski definition) is 2. The Morgan fingerprint density at radius 1 is 1.42 bits per heavy atom. The first-order chi connectivity index (χ1) is 9.17. The summed E-state index contributed by atoms with van der Waals surface area (Å²) in [6.07, 6.45) is 0.497. The normalized spacial score (nSPS) is 10.4. The molecule has 0 aliphatic carbocycles. The van der Waals surface area contributed by atoms with Gasteiger partial charge in [0.1, 0.15) is 10.8 Å². The number of carbonyl (C=O) groups is 1. The highest BCUT2D eigenvalue weighted by atomic mass is 32.1. The number of hydrogen-bond acceptors (Lipinski definition) is 5. The van der Waals surface area contributed by atoms with Crippen LogP contribution in [0.5, 0.6) is 0 Å². The highest BCUT2D eigenvalue weighted by Gasteiger charge is 2.08. The van der Waals surface area contributed by atoms with Gasteiger partial charge in [0.25, 0.3) is 0 Å². The van der Waals surface area contributed by atoms with Crippen LogP contribution in [-0.2, 0) is 11.2 Å². The molecule has 5 nitrogen and oxygen atoms in total. The molecule has 0 aliphatic heterocycles. The second-order valence-corrected chi connectivity index (χ2v) is 4.95. The van der Waals surface area contributed by atoms with Crippen LogP contribution in [0, 0.1) is 5.82 Å². The van der Waals surface area contributed by atoms with Crippen LogP contribution in [-0.4, -0.2) is 29.7 Å². The number of nitrogens with one attached hydrogen (secondary N) is 2. The molecule has 1 amide bonds. The van der Waals surface area contributed by atoms with Gasteiger partial charge < -0.3 is 5.32 Å². The van der Waals surface area contributed by atoms with Crippen molar-refractivity contribution in [2.24, 2.45) is 0 Å². The fourth-order valence-corrected chi connectivity index (χ4v) is 2.31. The Balaban J connectivity index is 1.99. The molecule has 0 saturated carbocycles. The van der Waals surface area contributed by atoms with Gasteiger partial charge in [-0.15, -0.1) is 10.2 Å². The van der Waals surface area contributed by atoms with Crippen LogP contribution >= 0.6 is 11.3 Å². The minimum atomic E-state index is -0.274. The molecular weight excluding hydrogens is 267 g/mol. The first-order valence-corrected chi connectivity index (χ1v) is 6.50. The zero-order chi connectivity index (χ0) is 13.7. The molecular formula is C12H13FN4OS. The van der Waals surface area contributed by atoms with Gasteiger partial charge in [-0.05, 0) is 24.7 Å². The van der Waals surface area contributed by atoms with Gasteiger partial charge in [-0.3, -0.25) is 10.1 Å². The fourth-order valence-electron chi connectivity index (χ4n) is 1.52. The largest absolute Gasteiger partial charge is 0.311 e. The van der Waals surface area contributed by atoms with Crippen molar-refractivity contribution in [3.63, 3.8) is 0 Å². The minimum Gasteiger partial charge on any atom is -0.311 e. The van der Waals surface area contributed by atoms with Crippen molar-refractivity contribution >= 4 is 22.4 Å². The molecule has 19 heavy (non-hydrogen) atoms. The Kier molecular flexibility index (Phi) is 4.53. The number of carbonyl (C=O) groups excluding carboxylic acids is 1. The summed E-state index contributed by atoms with van der Waals surface area (Å²) in [6, 6.07) is 6.33. The summed E-state index contributed by atoms with van der Waals surface area (Å²) in [7, 11) is 1.69. The standard InChI is InChI=1S/C12H13FN4OS/c1-14-7-10(18)15-12-17-16-11(19-12)6-8-3-2-4-9(13)5-8/h2-5,14H,6-7H2,1H3,(H,15,17,18). The second-order valence-electron chi connectivity index (χ2n) is 3.89. The Bertz CT molecular complexity index is 572. The van der Waals surface area contributed by atoms with E-state index in [1.54, 1.807) is 13.1 Å². The third-order valence-electron chi connectivity index (χ3n) is 2.29. The summed E-state index contributed by atoms with van der Waals surface area (Å²) in [6.45, 7) is 0.221. The SMILES string of the molecule is CNCC(=O)Nc1nnc(Cc2cccc(F)c2)s1. The molecule has 1 heterocycles. The lowest BCUT2D eigenvalue weighted by atomic mass is 10.1. The quantitative estimate of drug-likeness (QED) is 0.869. The van der Waals surface area contributed by atoms with E-state index in [9.17, 15) is 9.18 Å². The maximum Gasteiger partial charge on any atom is 0.240 e. The molecule has 2 rings (SSSR count). The monoisotopic (exact) mass is 280 g/mol. The van der Waals surface area contributed by atoms with Gasteiger partial charge in [0, 0.05) is 6.42 Å². The summed E-state index contributed by atoms with van der Waals surface area (Å²) in [4.78, 5) is 11.3. The molecule has 0 spiro atoms. The molecule has 100 valence electrons. The molecule has 0 aliphatic rings. The smallest absolute Gasteiger partial charge is 0.240 e. The second kappa shape index (κ2) is 6.35. The Morgan fingerprint density at radius 3 is 3.00 bits per heavy atom. The summed E-state index contributed by atoms with van der Waals surface area (Å²) < 4.78 is 13.0. The van der Waals surface area contributed by atoms with Crippen LogP contribution in [0.1, 0.15) is 10.6 Å². The van der Waals surface area contributed by atoms with Crippen molar-refractivity contribution in [3.05, 3.63) is 40.7 Å². The van der Waals surface area contributed by atoms with Gasteiger partial charge in [-0.25, -0.2) is 4.39 Å². The molecule has 2 aromatic rings. The van der Waals surface area contributed by atoms with Gasteiger partial charge in [0.2, 0.25) is 11.0 Å². The number of likely N-dealkylation sites (N-methyl/N-ethyl adjacent to an activating group) is 1. The van der Waals surface area contributed by atoms with Gasteiger partial charge in [-0.2, -0.15) is 0 Å². The molecule has 0 fully saturated rings. The molecule has 2 N–H and O–H groups in total. The zero-order valence-electron chi connectivity index (χ0n) is 10.3. The van der Waals surface area contributed by atoms with Crippen molar-refractivity contribution in [1.29, 1.82) is 0 Å². The summed E-state index contributed by atoms with van der Waals surface area (Å²) in [5, 5.41) is 14.4.